The van der Waals surface area contributed by atoms with E-state index in [9.17, 15) is 0 Å². The van der Waals surface area contributed by atoms with E-state index in [4.69, 9.17) is 5.10 Å². The van der Waals surface area contributed by atoms with Gasteiger partial charge in [-0.1, -0.05) is 24.6 Å². The maximum atomic E-state index is 4.86. The lowest BCUT2D eigenvalue weighted by Crippen LogP contribution is -2.31. The summed E-state index contributed by atoms with van der Waals surface area (Å²) in [5, 5.41) is 4.86. The lowest BCUT2D eigenvalue weighted by molar-refractivity contribution is 0.223. The molecule has 1 saturated heterocycles. The Hall–Kier alpha value is -2.11. The van der Waals surface area contributed by atoms with Crippen molar-refractivity contribution in [2.24, 2.45) is 0 Å². The van der Waals surface area contributed by atoms with Crippen LogP contribution in [-0.2, 0) is 6.54 Å². The molecule has 5 nitrogen and oxygen atoms in total. The van der Waals surface area contributed by atoms with Crippen molar-refractivity contribution < 1.29 is 0 Å². The molecule has 6 heteroatoms. The van der Waals surface area contributed by atoms with Crippen molar-refractivity contribution >= 4 is 12.4 Å². The summed E-state index contributed by atoms with van der Waals surface area (Å²) in [6.07, 6.45) is 9.22. The van der Waals surface area contributed by atoms with E-state index < -0.39 is 0 Å². The Morgan fingerprint density at radius 3 is 2.48 bits per heavy atom. The fourth-order valence-corrected chi connectivity index (χ4v) is 4.40. The van der Waals surface area contributed by atoms with Gasteiger partial charge in [-0.15, -0.1) is 12.4 Å². The topological polar surface area (TPSA) is 38.9 Å². The van der Waals surface area contributed by atoms with E-state index in [2.05, 4.69) is 64.2 Å². The smallest absolute Gasteiger partial charge is 0.0950 e. The van der Waals surface area contributed by atoms with Crippen molar-refractivity contribution in [2.45, 2.75) is 53.0 Å². The van der Waals surface area contributed by atoms with Crippen molar-refractivity contribution in [3.8, 4) is 16.9 Å². The zero-order valence-electron chi connectivity index (χ0n) is 17.8. The SMILES string of the molecule is Cc1ccccc1-n1nc(C)c(-c2cncn2CCCN2CCCCC2)c1C.Cl. The van der Waals surface area contributed by atoms with Gasteiger partial charge in [-0.25, -0.2) is 9.67 Å². The Morgan fingerprint density at radius 1 is 0.966 bits per heavy atom. The third-order valence-corrected chi connectivity index (χ3v) is 5.93. The molecule has 29 heavy (non-hydrogen) atoms. The van der Waals surface area contributed by atoms with Crippen molar-refractivity contribution in [3.05, 3.63) is 53.7 Å². The van der Waals surface area contributed by atoms with Crippen LogP contribution in [0.1, 0.15) is 42.6 Å². The van der Waals surface area contributed by atoms with Crippen LogP contribution >= 0.6 is 12.4 Å². The third-order valence-electron chi connectivity index (χ3n) is 5.93. The van der Waals surface area contributed by atoms with Crippen molar-refractivity contribution in [2.75, 3.05) is 19.6 Å². The highest BCUT2D eigenvalue weighted by molar-refractivity contribution is 5.85. The minimum absolute atomic E-state index is 0. The molecule has 4 rings (SSSR count). The zero-order valence-corrected chi connectivity index (χ0v) is 18.6. The van der Waals surface area contributed by atoms with Gasteiger partial charge in [-0.05, 0) is 71.3 Å². The molecule has 0 bridgehead atoms. The number of benzene rings is 1. The minimum atomic E-state index is 0. The first-order valence-corrected chi connectivity index (χ1v) is 10.5. The predicted octanol–water partition coefficient (Wildman–Crippen LogP) is 4.96. The van der Waals surface area contributed by atoms with Crippen molar-refractivity contribution in [1.29, 1.82) is 0 Å². The second-order valence-electron chi connectivity index (χ2n) is 7.97. The molecule has 3 aromatic rings. The standard InChI is InChI=1S/C23H31N5.ClH/c1-18-10-5-6-11-21(18)28-20(3)23(19(2)25-28)22-16-24-17-27(22)15-9-14-26-12-7-4-8-13-26;/h5-6,10-11,16-17H,4,7-9,12-15H2,1-3H3;1H. The summed E-state index contributed by atoms with van der Waals surface area (Å²) in [7, 11) is 0. The Labute approximate surface area is 180 Å². The number of piperidine rings is 1. The number of hydrogen-bond donors (Lipinski definition) is 0. The summed E-state index contributed by atoms with van der Waals surface area (Å²) in [6, 6.07) is 8.41. The number of halogens is 1. The first kappa shape index (κ1) is 21.6. The van der Waals surface area contributed by atoms with E-state index in [0.717, 1.165) is 24.3 Å². The fraction of sp³-hybridized carbons (Fsp3) is 0.478. The van der Waals surface area contributed by atoms with Gasteiger partial charge >= 0.3 is 0 Å². The molecule has 0 N–H and O–H groups in total. The van der Waals surface area contributed by atoms with Gasteiger partial charge < -0.3 is 9.47 Å². The fourth-order valence-electron chi connectivity index (χ4n) is 4.40. The van der Waals surface area contributed by atoms with Crippen LogP contribution in [0.5, 0.6) is 0 Å². The zero-order chi connectivity index (χ0) is 19.5. The molecule has 2 aromatic heterocycles. The average Bonchev–Trinajstić information content (AvgIpc) is 3.26. The molecule has 156 valence electrons. The molecule has 1 aliphatic heterocycles. The number of nitrogens with zero attached hydrogens (tertiary/aromatic N) is 5. The first-order valence-electron chi connectivity index (χ1n) is 10.5. The lowest BCUT2D eigenvalue weighted by atomic mass is 10.1. The second-order valence-corrected chi connectivity index (χ2v) is 7.97. The number of aromatic nitrogens is 4. The molecule has 0 aliphatic carbocycles. The quantitative estimate of drug-likeness (QED) is 0.573. The summed E-state index contributed by atoms with van der Waals surface area (Å²) in [5.41, 5.74) is 6.98. The Morgan fingerprint density at radius 2 is 1.72 bits per heavy atom. The van der Waals surface area contributed by atoms with E-state index in [0.29, 0.717) is 0 Å². The monoisotopic (exact) mass is 413 g/mol. The number of para-hydroxylation sites is 1. The average molecular weight is 414 g/mol. The molecule has 1 aliphatic rings. The molecule has 1 aromatic carbocycles. The van der Waals surface area contributed by atoms with Gasteiger partial charge in [0.2, 0.25) is 0 Å². The number of hydrogen-bond acceptors (Lipinski definition) is 3. The van der Waals surface area contributed by atoms with E-state index in [1.807, 2.05) is 12.5 Å². The summed E-state index contributed by atoms with van der Waals surface area (Å²) >= 11 is 0. The van der Waals surface area contributed by atoms with Gasteiger partial charge in [-0.2, -0.15) is 5.10 Å². The van der Waals surface area contributed by atoms with Gasteiger partial charge in [0, 0.05) is 12.1 Å². The van der Waals surface area contributed by atoms with Crippen LogP contribution in [-0.4, -0.2) is 43.9 Å². The lowest BCUT2D eigenvalue weighted by Gasteiger charge is -2.26. The number of imidazole rings is 1. The van der Waals surface area contributed by atoms with Crippen LogP contribution in [0.4, 0.5) is 0 Å². The number of likely N-dealkylation sites (tertiary alicyclic amines) is 1. The molecular formula is C23H32ClN5. The number of aryl methyl sites for hydroxylation is 3. The number of rotatable bonds is 6. The van der Waals surface area contributed by atoms with Gasteiger partial charge in [0.1, 0.15) is 0 Å². The van der Waals surface area contributed by atoms with Crippen LogP contribution in [0.15, 0.2) is 36.8 Å². The molecular weight excluding hydrogens is 382 g/mol. The van der Waals surface area contributed by atoms with E-state index in [1.54, 1.807) is 0 Å². The van der Waals surface area contributed by atoms with Crippen LogP contribution in [0, 0.1) is 20.8 Å². The first-order chi connectivity index (χ1) is 13.6. The largest absolute Gasteiger partial charge is 0.330 e. The van der Waals surface area contributed by atoms with Crippen molar-refractivity contribution in [1.82, 2.24) is 24.2 Å². The van der Waals surface area contributed by atoms with Crippen LogP contribution in [0.2, 0.25) is 0 Å². The molecule has 0 amide bonds. The molecule has 3 heterocycles. The highest BCUT2D eigenvalue weighted by atomic mass is 35.5. The summed E-state index contributed by atoms with van der Waals surface area (Å²) in [6.45, 7) is 11.1. The van der Waals surface area contributed by atoms with Crippen LogP contribution < -0.4 is 0 Å². The normalized spacial score (nSPS) is 14.7. The highest BCUT2D eigenvalue weighted by Crippen LogP contribution is 2.29. The Balaban J connectivity index is 0.00000240. The van der Waals surface area contributed by atoms with E-state index >= 15 is 0 Å². The van der Waals surface area contributed by atoms with Gasteiger partial charge in [0.15, 0.2) is 0 Å². The molecule has 1 fully saturated rings. The van der Waals surface area contributed by atoms with E-state index in [-0.39, 0.29) is 12.4 Å². The van der Waals surface area contributed by atoms with Gasteiger partial charge in [0.25, 0.3) is 0 Å². The molecule has 0 radical (unpaired) electrons. The summed E-state index contributed by atoms with van der Waals surface area (Å²) < 4.78 is 4.37. The maximum absolute atomic E-state index is 4.86. The Kier molecular flexibility index (Phi) is 7.14. The third kappa shape index (κ3) is 4.57. The molecule has 0 unspecified atom stereocenters. The highest BCUT2D eigenvalue weighted by Gasteiger charge is 2.18. The molecule has 0 saturated carbocycles. The minimum Gasteiger partial charge on any atom is -0.330 e. The molecule has 0 spiro atoms. The summed E-state index contributed by atoms with van der Waals surface area (Å²) in [5.74, 6) is 0. The maximum Gasteiger partial charge on any atom is 0.0950 e. The second kappa shape index (κ2) is 9.59. The Bertz CT molecular complexity index is 937. The van der Waals surface area contributed by atoms with Gasteiger partial charge in [0.05, 0.1) is 35.3 Å². The predicted molar refractivity (Wildman–Crippen MR) is 121 cm³/mol. The van der Waals surface area contributed by atoms with E-state index in [1.165, 1.54) is 61.4 Å². The van der Waals surface area contributed by atoms with Crippen LogP contribution in [0.25, 0.3) is 16.9 Å². The molecule has 0 atom stereocenters. The van der Waals surface area contributed by atoms with Crippen LogP contribution in [0.3, 0.4) is 0 Å². The summed E-state index contributed by atoms with van der Waals surface area (Å²) in [4.78, 5) is 7.06. The van der Waals surface area contributed by atoms with Gasteiger partial charge in [-0.3, -0.25) is 0 Å². The van der Waals surface area contributed by atoms with Crippen molar-refractivity contribution in [3.63, 3.8) is 0 Å².